The van der Waals surface area contributed by atoms with E-state index in [4.69, 9.17) is 9.47 Å². The van der Waals surface area contributed by atoms with Gasteiger partial charge in [-0.15, -0.1) is 0 Å². The van der Waals surface area contributed by atoms with Crippen molar-refractivity contribution in [3.8, 4) is 0 Å². The molecule has 0 N–H and O–H groups in total. The Morgan fingerprint density at radius 2 is 1.06 bits per heavy atom. The average molecular weight is 232 g/mol. The van der Waals surface area contributed by atoms with Crippen LogP contribution in [0.2, 0.25) is 0 Å². The van der Waals surface area contributed by atoms with E-state index >= 15 is 0 Å². The van der Waals surface area contributed by atoms with Gasteiger partial charge < -0.3 is 9.47 Å². The highest BCUT2D eigenvalue weighted by Gasteiger charge is 2.22. The summed E-state index contributed by atoms with van der Waals surface area (Å²) in [5.41, 5.74) is -1.14. The summed E-state index contributed by atoms with van der Waals surface area (Å²) in [6.45, 7) is 10.5. The summed E-state index contributed by atoms with van der Waals surface area (Å²) in [4.78, 5) is 22.5. The van der Waals surface area contributed by atoms with E-state index in [0.29, 0.717) is 0 Å². The van der Waals surface area contributed by atoms with E-state index in [1.165, 1.54) is 0 Å². The molecule has 0 unspecified atom stereocenters. The second-order valence-electron chi connectivity index (χ2n) is 5.35. The van der Waals surface area contributed by atoms with Gasteiger partial charge in [0.15, 0.2) is 0 Å². The molecule has 0 fully saturated rings. The minimum Gasteiger partial charge on any atom is -0.460 e. The third-order valence-corrected chi connectivity index (χ3v) is 1.13. The Bertz CT molecular complexity index is 217. The van der Waals surface area contributed by atoms with Crippen molar-refractivity contribution in [3.63, 3.8) is 0 Å². The average Bonchev–Trinajstić information content (AvgIpc) is 1.73. The Morgan fingerprint density at radius 3 is 1.25 bits per heavy atom. The third-order valence-electron chi connectivity index (χ3n) is 1.13. The SMILES string of the molecule is C.CC(C)(C)OC(=O)CC(=O)OC(C)(C)C. The largest absolute Gasteiger partial charge is 0.460 e. The summed E-state index contributed by atoms with van der Waals surface area (Å²) in [6.07, 6.45) is -0.339. The van der Waals surface area contributed by atoms with Crippen LogP contribution in [-0.4, -0.2) is 23.1 Å². The van der Waals surface area contributed by atoms with E-state index < -0.39 is 23.1 Å². The molecule has 0 aromatic rings. The second-order valence-corrected chi connectivity index (χ2v) is 5.35. The van der Waals surface area contributed by atoms with Gasteiger partial charge in [0, 0.05) is 0 Å². The van der Waals surface area contributed by atoms with Crippen LogP contribution in [0.15, 0.2) is 0 Å². The number of carbonyl (C=O) groups excluding carboxylic acids is 2. The first-order valence-corrected chi connectivity index (χ1v) is 4.93. The number of rotatable bonds is 2. The number of esters is 2. The maximum Gasteiger partial charge on any atom is 0.317 e. The molecule has 0 atom stereocenters. The lowest BCUT2D eigenvalue weighted by Gasteiger charge is -2.21. The van der Waals surface area contributed by atoms with Crippen molar-refractivity contribution < 1.29 is 19.1 Å². The standard InChI is InChI=1S/C11H20O4.CH4/c1-10(2,3)14-8(12)7-9(13)15-11(4,5)6;/h7H2,1-6H3;1H4. The Balaban J connectivity index is 0. The molecule has 0 aliphatic heterocycles. The van der Waals surface area contributed by atoms with Crippen molar-refractivity contribution in [2.75, 3.05) is 0 Å². The van der Waals surface area contributed by atoms with E-state index in [2.05, 4.69) is 0 Å². The summed E-state index contributed by atoms with van der Waals surface area (Å²) < 4.78 is 9.97. The Labute approximate surface area is 98.3 Å². The monoisotopic (exact) mass is 232 g/mol. The van der Waals surface area contributed by atoms with Gasteiger partial charge in [0.2, 0.25) is 0 Å². The molecule has 4 nitrogen and oxygen atoms in total. The van der Waals surface area contributed by atoms with Crippen LogP contribution in [0, 0.1) is 0 Å². The van der Waals surface area contributed by atoms with E-state index in [0.717, 1.165) is 0 Å². The molecule has 0 amide bonds. The van der Waals surface area contributed by atoms with Crippen molar-refractivity contribution in [1.82, 2.24) is 0 Å². The number of carbonyl (C=O) groups is 2. The highest BCUT2D eigenvalue weighted by molar-refractivity contribution is 5.91. The molecule has 4 heteroatoms. The topological polar surface area (TPSA) is 52.6 Å². The van der Waals surface area contributed by atoms with Crippen molar-refractivity contribution in [3.05, 3.63) is 0 Å². The molecule has 0 spiro atoms. The van der Waals surface area contributed by atoms with Crippen LogP contribution in [0.4, 0.5) is 0 Å². The van der Waals surface area contributed by atoms with Gasteiger partial charge >= 0.3 is 11.9 Å². The smallest absolute Gasteiger partial charge is 0.317 e. The third kappa shape index (κ3) is 11.0. The van der Waals surface area contributed by atoms with Crippen molar-refractivity contribution in [2.24, 2.45) is 0 Å². The van der Waals surface area contributed by atoms with E-state index in [1.54, 1.807) is 41.5 Å². The Morgan fingerprint density at radius 1 is 0.812 bits per heavy atom. The van der Waals surface area contributed by atoms with E-state index in [1.807, 2.05) is 0 Å². The summed E-state index contributed by atoms with van der Waals surface area (Å²) in [5.74, 6) is -1.12. The van der Waals surface area contributed by atoms with Gasteiger partial charge in [-0.05, 0) is 41.5 Å². The lowest BCUT2D eigenvalue weighted by atomic mass is 10.2. The fraction of sp³-hybridized carbons (Fsp3) is 0.833. The zero-order valence-electron chi connectivity index (χ0n) is 10.3. The number of hydrogen-bond donors (Lipinski definition) is 0. The maximum absolute atomic E-state index is 11.2. The summed E-state index contributed by atoms with van der Waals surface area (Å²) >= 11 is 0. The molecule has 0 aliphatic carbocycles. The first kappa shape index (κ1) is 17.3. The summed E-state index contributed by atoms with van der Waals surface area (Å²) in [7, 11) is 0. The minimum absolute atomic E-state index is 0. The molecule has 0 saturated heterocycles. The molecule has 16 heavy (non-hydrogen) atoms. The van der Waals surface area contributed by atoms with Crippen LogP contribution < -0.4 is 0 Å². The normalized spacial score (nSPS) is 11.4. The molecule has 0 aliphatic rings. The molecule has 0 bridgehead atoms. The molecule has 0 saturated carbocycles. The molecular weight excluding hydrogens is 208 g/mol. The molecule has 0 radical (unpaired) electrons. The van der Waals surface area contributed by atoms with Gasteiger partial charge in [-0.2, -0.15) is 0 Å². The zero-order chi connectivity index (χ0) is 12.3. The summed E-state index contributed by atoms with van der Waals surface area (Å²) in [6, 6.07) is 0. The Kier molecular flexibility index (Phi) is 6.36. The van der Waals surface area contributed by atoms with Crippen LogP contribution in [-0.2, 0) is 19.1 Å². The van der Waals surface area contributed by atoms with Crippen LogP contribution in [0.25, 0.3) is 0 Å². The number of hydrogen-bond acceptors (Lipinski definition) is 4. The van der Waals surface area contributed by atoms with Gasteiger partial charge in [0.1, 0.15) is 17.6 Å². The second kappa shape index (κ2) is 5.87. The predicted octanol–water partition coefficient (Wildman–Crippen LogP) is 2.70. The van der Waals surface area contributed by atoms with E-state index in [-0.39, 0.29) is 13.8 Å². The molecule has 96 valence electrons. The predicted molar refractivity (Wildman–Crippen MR) is 63.0 cm³/mol. The van der Waals surface area contributed by atoms with Crippen molar-refractivity contribution >= 4 is 11.9 Å². The highest BCUT2D eigenvalue weighted by Crippen LogP contribution is 2.11. The van der Waals surface area contributed by atoms with Gasteiger partial charge in [0.05, 0.1) is 0 Å². The van der Waals surface area contributed by atoms with Crippen molar-refractivity contribution in [1.29, 1.82) is 0 Å². The fourth-order valence-corrected chi connectivity index (χ4v) is 0.873. The van der Waals surface area contributed by atoms with Crippen LogP contribution in [0.3, 0.4) is 0 Å². The Hall–Kier alpha value is -1.06. The van der Waals surface area contributed by atoms with Gasteiger partial charge in [-0.25, -0.2) is 0 Å². The quantitative estimate of drug-likeness (QED) is 0.542. The minimum atomic E-state index is -0.570. The highest BCUT2D eigenvalue weighted by atomic mass is 16.6. The molecule has 0 aromatic carbocycles. The summed E-state index contributed by atoms with van der Waals surface area (Å²) in [5, 5.41) is 0. The molecular formula is C12H24O4. The van der Waals surface area contributed by atoms with E-state index in [9.17, 15) is 9.59 Å². The van der Waals surface area contributed by atoms with Crippen LogP contribution in [0.5, 0.6) is 0 Å². The molecule has 0 rings (SSSR count). The fourth-order valence-electron chi connectivity index (χ4n) is 0.873. The van der Waals surface area contributed by atoms with Gasteiger partial charge in [-0.1, -0.05) is 7.43 Å². The zero-order valence-corrected chi connectivity index (χ0v) is 10.3. The van der Waals surface area contributed by atoms with Crippen molar-refractivity contribution in [2.45, 2.75) is 66.6 Å². The lowest BCUT2D eigenvalue weighted by Crippen LogP contribution is -2.29. The van der Waals surface area contributed by atoms with Gasteiger partial charge in [0.25, 0.3) is 0 Å². The number of ether oxygens (including phenoxy) is 2. The first-order valence-electron chi connectivity index (χ1n) is 4.93. The first-order chi connectivity index (χ1) is 6.49. The van der Waals surface area contributed by atoms with Crippen LogP contribution in [0.1, 0.15) is 55.4 Å². The van der Waals surface area contributed by atoms with Crippen LogP contribution >= 0.6 is 0 Å². The maximum atomic E-state index is 11.2. The lowest BCUT2D eigenvalue weighted by molar-refractivity contribution is -0.166. The molecule has 0 heterocycles. The molecule has 0 aromatic heterocycles. The van der Waals surface area contributed by atoms with Gasteiger partial charge in [-0.3, -0.25) is 9.59 Å².